The normalized spacial score (nSPS) is 16.0. The van der Waals surface area contributed by atoms with Gasteiger partial charge in [0, 0.05) is 50.2 Å². The minimum atomic E-state index is -0.0156. The Bertz CT molecular complexity index is 974. The summed E-state index contributed by atoms with van der Waals surface area (Å²) in [5.74, 6) is 0.537. The van der Waals surface area contributed by atoms with Gasteiger partial charge in [0.05, 0.1) is 0 Å². The lowest BCUT2D eigenvalue weighted by Crippen LogP contribution is -2.49. The number of amides is 1. The maximum Gasteiger partial charge on any atom is 0.259 e. The lowest BCUT2D eigenvalue weighted by atomic mass is 10.0. The zero-order valence-corrected chi connectivity index (χ0v) is 17.1. The molecule has 0 bridgehead atoms. The molecule has 6 nitrogen and oxygen atoms in total. The molecule has 1 saturated heterocycles. The van der Waals surface area contributed by atoms with Crippen molar-refractivity contribution in [2.24, 2.45) is 0 Å². The van der Waals surface area contributed by atoms with E-state index in [4.69, 9.17) is 4.52 Å². The number of aryl methyl sites for hydroxylation is 2. The van der Waals surface area contributed by atoms with Crippen molar-refractivity contribution >= 4 is 5.91 Å². The maximum atomic E-state index is 13.3. The van der Waals surface area contributed by atoms with Crippen LogP contribution in [-0.2, 0) is 0 Å². The number of rotatable bonds is 4. The highest BCUT2D eigenvalue weighted by Crippen LogP contribution is 2.27. The van der Waals surface area contributed by atoms with Crippen LogP contribution in [0.1, 0.15) is 40.2 Å². The molecule has 0 spiro atoms. The second kappa shape index (κ2) is 8.17. The summed E-state index contributed by atoms with van der Waals surface area (Å²) in [4.78, 5) is 21.6. The molecular formula is C23H26N4O2. The molecule has 0 N–H and O–H groups in total. The fraction of sp³-hybridized carbons (Fsp3) is 0.348. The second-order valence-corrected chi connectivity index (χ2v) is 7.61. The van der Waals surface area contributed by atoms with E-state index in [1.807, 2.05) is 17.0 Å². The molecule has 1 aromatic carbocycles. The second-order valence-electron chi connectivity index (χ2n) is 7.61. The summed E-state index contributed by atoms with van der Waals surface area (Å²) >= 11 is 0. The molecule has 2 aromatic heterocycles. The number of nitrogens with zero attached hydrogens (tertiary/aromatic N) is 4. The molecule has 6 heteroatoms. The van der Waals surface area contributed by atoms with E-state index in [1.165, 1.54) is 11.1 Å². The van der Waals surface area contributed by atoms with Gasteiger partial charge in [0.2, 0.25) is 0 Å². The Kier molecular flexibility index (Phi) is 5.45. The van der Waals surface area contributed by atoms with Gasteiger partial charge in [0.1, 0.15) is 17.0 Å². The zero-order chi connectivity index (χ0) is 20.4. The fourth-order valence-electron chi connectivity index (χ4n) is 3.86. The molecule has 1 fully saturated rings. The van der Waals surface area contributed by atoms with Gasteiger partial charge in [-0.1, -0.05) is 35.0 Å². The van der Waals surface area contributed by atoms with Crippen molar-refractivity contribution in [1.82, 2.24) is 19.9 Å². The van der Waals surface area contributed by atoms with Crippen LogP contribution in [0.2, 0.25) is 0 Å². The Hall–Kier alpha value is -2.99. The Morgan fingerprint density at radius 2 is 1.66 bits per heavy atom. The average Bonchev–Trinajstić information content (AvgIpc) is 3.15. The standard InChI is InChI=1S/C23H26N4O2/c1-16-4-6-19(7-5-16)17(2)26-12-14-27(15-13-26)23(28)21-18(3)29-25-22(21)20-8-10-24-11-9-20/h4-11,17H,12-15H2,1-3H3. The molecule has 1 unspecified atom stereocenters. The van der Waals surface area contributed by atoms with Crippen LogP contribution in [-0.4, -0.2) is 52.0 Å². The van der Waals surface area contributed by atoms with Crippen LogP contribution in [0.5, 0.6) is 0 Å². The minimum absolute atomic E-state index is 0.0156. The zero-order valence-electron chi connectivity index (χ0n) is 17.1. The Balaban J connectivity index is 1.46. The molecule has 1 aliphatic rings. The van der Waals surface area contributed by atoms with Gasteiger partial charge in [-0.05, 0) is 38.5 Å². The Morgan fingerprint density at radius 3 is 2.31 bits per heavy atom. The predicted octanol–water partition coefficient (Wildman–Crippen LogP) is 3.87. The maximum absolute atomic E-state index is 13.3. The molecule has 29 heavy (non-hydrogen) atoms. The number of pyridine rings is 1. The predicted molar refractivity (Wildman–Crippen MR) is 112 cm³/mol. The van der Waals surface area contributed by atoms with E-state index >= 15 is 0 Å². The van der Waals surface area contributed by atoms with Crippen molar-refractivity contribution in [1.29, 1.82) is 0 Å². The average molecular weight is 390 g/mol. The van der Waals surface area contributed by atoms with Gasteiger partial charge < -0.3 is 9.42 Å². The Labute approximate surface area is 171 Å². The highest BCUT2D eigenvalue weighted by molar-refractivity contribution is 6.00. The van der Waals surface area contributed by atoms with E-state index in [0.29, 0.717) is 36.1 Å². The minimum Gasteiger partial charge on any atom is -0.360 e. The van der Waals surface area contributed by atoms with Crippen LogP contribution >= 0.6 is 0 Å². The van der Waals surface area contributed by atoms with E-state index in [9.17, 15) is 4.79 Å². The molecule has 4 rings (SSSR count). The molecule has 0 saturated carbocycles. The summed E-state index contributed by atoms with van der Waals surface area (Å²) in [6.07, 6.45) is 3.39. The van der Waals surface area contributed by atoms with Gasteiger partial charge in [-0.25, -0.2) is 0 Å². The third-order valence-electron chi connectivity index (χ3n) is 5.74. The molecule has 3 heterocycles. The molecule has 0 radical (unpaired) electrons. The highest BCUT2D eigenvalue weighted by Gasteiger charge is 2.30. The number of hydrogen-bond donors (Lipinski definition) is 0. The fourth-order valence-corrected chi connectivity index (χ4v) is 3.86. The van der Waals surface area contributed by atoms with Gasteiger partial charge in [-0.3, -0.25) is 14.7 Å². The van der Waals surface area contributed by atoms with Gasteiger partial charge >= 0.3 is 0 Å². The number of piperazine rings is 1. The van der Waals surface area contributed by atoms with Crippen molar-refractivity contribution in [3.8, 4) is 11.3 Å². The van der Waals surface area contributed by atoms with Gasteiger partial charge in [-0.2, -0.15) is 0 Å². The van der Waals surface area contributed by atoms with Crippen LogP contribution in [0.4, 0.5) is 0 Å². The quantitative estimate of drug-likeness (QED) is 0.677. The van der Waals surface area contributed by atoms with E-state index in [2.05, 4.69) is 53.2 Å². The van der Waals surface area contributed by atoms with E-state index in [-0.39, 0.29) is 5.91 Å². The lowest BCUT2D eigenvalue weighted by Gasteiger charge is -2.38. The third-order valence-corrected chi connectivity index (χ3v) is 5.74. The molecular weight excluding hydrogens is 364 g/mol. The molecule has 150 valence electrons. The first kappa shape index (κ1) is 19.3. The van der Waals surface area contributed by atoms with Crippen LogP contribution in [0.25, 0.3) is 11.3 Å². The number of benzene rings is 1. The molecule has 0 aliphatic carbocycles. The summed E-state index contributed by atoms with van der Waals surface area (Å²) in [7, 11) is 0. The first-order valence-electron chi connectivity index (χ1n) is 10.0. The van der Waals surface area contributed by atoms with Gasteiger partial charge in [-0.15, -0.1) is 0 Å². The summed E-state index contributed by atoms with van der Waals surface area (Å²) in [5.41, 5.74) is 4.56. The topological polar surface area (TPSA) is 62.5 Å². The summed E-state index contributed by atoms with van der Waals surface area (Å²) in [5, 5.41) is 4.13. The van der Waals surface area contributed by atoms with Gasteiger partial charge in [0.15, 0.2) is 0 Å². The molecule has 1 amide bonds. The van der Waals surface area contributed by atoms with Crippen LogP contribution in [0.3, 0.4) is 0 Å². The summed E-state index contributed by atoms with van der Waals surface area (Å²) in [6.45, 7) is 9.19. The number of aromatic nitrogens is 2. The van der Waals surface area contributed by atoms with Crippen LogP contribution < -0.4 is 0 Å². The smallest absolute Gasteiger partial charge is 0.259 e. The van der Waals surface area contributed by atoms with Crippen LogP contribution in [0, 0.1) is 13.8 Å². The van der Waals surface area contributed by atoms with Crippen molar-refractivity contribution < 1.29 is 9.32 Å². The highest BCUT2D eigenvalue weighted by atomic mass is 16.5. The van der Waals surface area contributed by atoms with E-state index in [0.717, 1.165) is 18.7 Å². The molecule has 3 aromatic rings. The van der Waals surface area contributed by atoms with Crippen molar-refractivity contribution in [3.63, 3.8) is 0 Å². The monoisotopic (exact) mass is 390 g/mol. The van der Waals surface area contributed by atoms with E-state index < -0.39 is 0 Å². The van der Waals surface area contributed by atoms with Crippen molar-refractivity contribution in [2.75, 3.05) is 26.2 Å². The number of carbonyl (C=O) groups excluding carboxylic acids is 1. The third kappa shape index (κ3) is 3.93. The Morgan fingerprint density at radius 1 is 1.00 bits per heavy atom. The van der Waals surface area contributed by atoms with Crippen molar-refractivity contribution in [2.45, 2.75) is 26.8 Å². The first-order chi connectivity index (χ1) is 14.0. The van der Waals surface area contributed by atoms with Crippen molar-refractivity contribution in [3.05, 3.63) is 71.2 Å². The summed E-state index contributed by atoms with van der Waals surface area (Å²) < 4.78 is 5.36. The van der Waals surface area contributed by atoms with E-state index in [1.54, 1.807) is 19.3 Å². The number of carbonyl (C=O) groups is 1. The largest absolute Gasteiger partial charge is 0.360 e. The SMILES string of the molecule is Cc1ccc(C(C)N2CCN(C(=O)c3c(-c4ccncc4)noc3C)CC2)cc1. The van der Waals surface area contributed by atoms with Crippen LogP contribution in [0.15, 0.2) is 53.3 Å². The molecule has 1 aliphatic heterocycles. The lowest BCUT2D eigenvalue weighted by molar-refractivity contribution is 0.0581. The number of hydrogen-bond acceptors (Lipinski definition) is 5. The molecule has 1 atom stereocenters. The first-order valence-corrected chi connectivity index (χ1v) is 10.0. The summed E-state index contributed by atoms with van der Waals surface area (Å²) in [6, 6.07) is 12.7. The van der Waals surface area contributed by atoms with Gasteiger partial charge in [0.25, 0.3) is 5.91 Å².